The van der Waals surface area contributed by atoms with Gasteiger partial charge >= 0.3 is 5.97 Å². The molecule has 98 valence electrons. The third kappa shape index (κ3) is 3.07. The van der Waals surface area contributed by atoms with Gasteiger partial charge in [-0.25, -0.2) is 4.79 Å². The molecule has 0 aromatic heterocycles. The van der Waals surface area contributed by atoms with Crippen LogP contribution in [0.15, 0.2) is 12.2 Å². The van der Waals surface area contributed by atoms with Crippen LogP contribution in [0.3, 0.4) is 0 Å². The Hall–Kier alpha value is -0.870. The molecule has 0 N–H and O–H groups in total. The van der Waals surface area contributed by atoms with Crippen molar-refractivity contribution in [3.05, 3.63) is 12.2 Å². The first kappa shape index (κ1) is 14.2. The molecule has 0 bridgehead atoms. The minimum Gasteiger partial charge on any atom is -0.364 e. The fraction of sp³-hybridized carbons (Fsp3) is 0.769. The Bertz CT molecular complexity index is 316. The third-order valence-electron chi connectivity index (χ3n) is 3.50. The molecule has 0 spiro atoms. The third-order valence-corrected chi connectivity index (χ3v) is 3.50. The van der Waals surface area contributed by atoms with Crippen molar-refractivity contribution in [1.29, 1.82) is 0 Å². The van der Waals surface area contributed by atoms with Gasteiger partial charge in [0.25, 0.3) is 0 Å². The van der Waals surface area contributed by atoms with Crippen LogP contribution in [0.5, 0.6) is 0 Å². The van der Waals surface area contributed by atoms with Gasteiger partial charge in [0.2, 0.25) is 0 Å². The van der Waals surface area contributed by atoms with Gasteiger partial charge in [-0.2, -0.15) is 0 Å². The molecule has 4 heteroatoms. The van der Waals surface area contributed by atoms with E-state index in [1.165, 1.54) is 0 Å². The predicted octanol–water partition coefficient (Wildman–Crippen LogP) is 1.83. The van der Waals surface area contributed by atoms with E-state index in [4.69, 9.17) is 4.84 Å². The summed E-state index contributed by atoms with van der Waals surface area (Å²) in [5.74, 6) is -0.346. The summed E-state index contributed by atoms with van der Waals surface area (Å²) in [5.41, 5.74) is 0.369. The molecular formula is C13H24N2O2. The van der Waals surface area contributed by atoms with E-state index in [9.17, 15) is 4.79 Å². The first-order valence-electron chi connectivity index (χ1n) is 5.93. The number of rotatable bonds is 2. The highest BCUT2D eigenvalue weighted by molar-refractivity contribution is 5.86. The minimum atomic E-state index is -0.346. The highest BCUT2D eigenvalue weighted by Gasteiger charge is 2.43. The number of likely N-dealkylation sites (N-methyl/N-ethyl adjacent to an activating group) is 1. The van der Waals surface area contributed by atoms with Gasteiger partial charge < -0.3 is 4.84 Å². The number of carbonyl (C=O) groups is 1. The zero-order valence-corrected chi connectivity index (χ0v) is 11.8. The Labute approximate surface area is 104 Å². The van der Waals surface area contributed by atoms with E-state index in [0.29, 0.717) is 18.7 Å². The molecule has 0 amide bonds. The number of hydrogen-bond acceptors (Lipinski definition) is 4. The standard InChI is InChI=1S/C13H24N2O2/c1-10(2)11(16)17-15-8-12(3,4)14(7)13(5,6)9-15/h1,8-9H2,2-7H3. The summed E-state index contributed by atoms with van der Waals surface area (Å²) in [6, 6.07) is 0. The van der Waals surface area contributed by atoms with E-state index in [0.717, 1.165) is 0 Å². The van der Waals surface area contributed by atoms with Gasteiger partial charge in [0.05, 0.1) is 13.1 Å². The fourth-order valence-corrected chi connectivity index (χ4v) is 2.21. The summed E-state index contributed by atoms with van der Waals surface area (Å²) in [7, 11) is 2.11. The number of piperazine rings is 1. The lowest BCUT2D eigenvalue weighted by Crippen LogP contribution is -2.67. The Morgan fingerprint density at radius 3 is 1.94 bits per heavy atom. The molecule has 1 heterocycles. The Morgan fingerprint density at radius 2 is 1.59 bits per heavy atom. The average molecular weight is 240 g/mol. The number of hydrogen-bond donors (Lipinski definition) is 0. The quantitative estimate of drug-likeness (QED) is 0.689. The summed E-state index contributed by atoms with van der Waals surface area (Å²) in [4.78, 5) is 19.2. The second kappa shape index (κ2) is 4.42. The van der Waals surface area contributed by atoms with Crippen LogP contribution in [0.4, 0.5) is 0 Å². The molecule has 0 aromatic carbocycles. The van der Waals surface area contributed by atoms with Crippen LogP contribution in [-0.2, 0) is 9.63 Å². The molecule has 4 nitrogen and oxygen atoms in total. The molecule has 0 aromatic rings. The van der Waals surface area contributed by atoms with Gasteiger partial charge in [-0.3, -0.25) is 4.90 Å². The molecule has 0 unspecified atom stereocenters. The summed E-state index contributed by atoms with van der Waals surface area (Å²) in [6.07, 6.45) is 0. The first-order chi connectivity index (χ1) is 7.56. The van der Waals surface area contributed by atoms with Crippen LogP contribution in [0.25, 0.3) is 0 Å². The molecule has 1 saturated heterocycles. The molecular weight excluding hydrogens is 216 g/mol. The smallest absolute Gasteiger partial charge is 0.352 e. The zero-order chi connectivity index (χ0) is 13.4. The number of hydroxylamine groups is 2. The molecule has 0 saturated carbocycles. The largest absolute Gasteiger partial charge is 0.364 e. The lowest BCUT2D eigenvalue weighted by atomic mass is 9.90. The summed E-state index contributed by atoms with van der Waals surface area (Å²) in [5, 5.41) is 1.75. The molecule has 1 rings (SSSR count). The monoisotopic (exact) mass is 240 g/mol. The van der Waals surface area contributed by atoms with Crippen LogP contribution in [0.1, 0.15) is 34.6 Å². The average Bonchev–Trinajstić information content (AvgIpc) is 2.12. The van der Waals surface area contributed by atoms with Crippen molar-refractivity contribution >= 4 is 5.97 Å². The lowest BCUT2D eigenvalue weighted by molar-refractivity contribution is -0.220. The van der Waals surface area contributed by atoms with Crippen LogP contribution in [0.2, 0.25) is 0 Å². The second-order valence-electron chi connectivity index (χ2n) is 6.14. The SMILES string of the molecule is C=C(C)C(=O)ON1CC(C)(C)N(C)C(C)(C)C1. The van der Waals surface area contributed by atoms with Crippen LogP contribution in [0, 0.1) is 0 Å². The summed E-state index contributed by atoms with van der Waals surface area (Å²) < 4.78 is 0. The van der Waals surface area contributed by atoms with Crippen molar-refractivity contribution in [2.45, 2.75) is 45.7 Å². The van der Waals surface area contributed by atoms with Crippen molar-refractivity contribution < 1.29 is 9.63 Å². The van der Waals surface area contributed by atoms with E-state index in [2.05, 4.69) is 46.2 Å². The number of nitrogens with zero attached hydrogens (tertiary/aromatic N) is 2. The van der Waals surface area contributed by atoms with E-state index in [-0.39, 0.29) is 17.0 Å². The number of carbonyl (C=O) groups excluding carboxylic acids is 1. The van der Waals surface area contributed by atoms with Crippen molar-refractivity contribution in [1.82, 2.24) is 9.96 Å². The van der Waals surface area contributed by atoms with E-state index in [1.54, 1.807) is 12.0 Å². The minimum absolute atomic E-state index is 0.0307. The van der Waals surface area contributed by atoms with E-state index in [1.807, 2.05) is 0 Å². The molecule has 0 radical (unpaired) electrons. The van der Waals surface area contributed by atoms with Crippen molar-refractivity contribution in [3.8, 4) is 0 Å². The molecule has 1 aliphatic heterocycles. The van der Waals surface area contributed by atoms with Gasteiger partial charge in [-0.15, -0.1) is 5.06 Å². The van der Waals surface area contributed by atoms with Crippen molar-refractivity contribution in [2.75, 3.05) is 20.1 Å². The van der Waals surface area contributed by atoms with Gasteiger partial charge in [0, 0.05) is 16.7 Å². The highest BCUT2D eigenvalue weighted by atomic mass is 16.7. The van der Waals surface area contributed by atoms with E-state index < -0.39 is 0 Å². The Balaban J connectivity index is 2.78. The molecule has 0 atom stereocenters. The highest BCUT2D eigenvalue weighted by Crippen LogP contribution is 2.30. The summed E-state index contributed by atoms with van der Waals surface area (Å²) >= 11 is 0. The topological polar surface area (TPSA) is 32.8 Å². The molecule has 1 aliphatic rings. The Morgan fingerprint density at radius 1 is 1.18 bits per heavy atom. The van der Waals surface area contributed by atoms with Crippen LogP contribution < -0.4 is 0 Å². The Kier molecular flexibility index (Phi) is 3.69. The second-order valence-corrected chi connectivity index (χ2v) is 6.14. The van der Waals surface area contributed by atoms with Gasteiger partial charge in [0.15, 0.2) is 0 Å². The van der Waals surface area contributed by atoms with Gasteiger partial charge in [0.1, 0.15) is 0 Å². The van der Waals surface area contributed by atoms with Crippen molar-refractivity contribution in [3.63, 3.8) is 0 Å². The maximum absolute atomic E-state index is 11.5. The predicted molar refractivity (Wildman–Crippen MR) is 68.4 cm³/mol. The molecule has 17 heavy (non-hydrogen) atoms. The molecule has 0 aliphatic carbocycles. The lowest BCUT2D eigenvalue weighted by Gasteiger charge is -2.53. The van der Waals surface area contributed by atoms with Gasteiger partial charge in [-0.05, 0) is 41.7 Å². The summed E-state index contributed by atoms with van der Waals surface area (Å²) in [6.45, 7) is 15.3. The van der Waals surface area contributed by atoms with Crippen molar-refractivity contribution in [2.24, 2.45) is 0 Å². The normalized spacial score (nSPS) is 24.4. The first-order valence-corrected chi connectivity index (χ1v) is 5.93. The fourth-order valence-electron chi connectivity index (χ4n) is 2.21. The van der Waals surface area contributed by atoms with Crippen LogP contribution >= 0.6 is 0 Å². The zero-order valence-electron chi connectivity index (χ0n) is 11.8. The maximum atomic E-state index is 11.5. The molecule has 1 fully saturated rings. The van der Waals surface area contributed by atoms with E-state index >= 15 is 0 Å². The maximum Gasteiger partial charge on any atom is 0.352 e. The van der Waals surface area contributed by atoms with Crippen LogP contribution in [-0.4, -0.2) is 47.1 Å². The van der Waals surface area contributed by atoms with Gasteiger partial charge in [-0.1, -0.05) is 6.58 Å².